The molecule has 0 bridgehead atoms. The molecular weight excluding hydrogens is 244 g/mol. The van der Waals surface area contributed by atoms with E-state index >= 15 is 0 Å². The van der Waals surface area contributed by atoms with Crippen molar-refractivity contribution in [1.82, 2.24) is 5.32 Å². The molecular formula is C18H22N2. The Bertz CT molecular complexity index is 639. The van der Waals surface area contributed by atoms with Crippen molar-refractivity contribution in [1.29, 1.82) is 0 Å². The quantitative estimate of drug-likeness (QED) is 0.810. The van der Waals surface area contributed by atoms with E-state index in [4.69, 9.17) is 5.73 Å². The largest absolute Gasteiger partial charge is 0.398 e. The van der Waals surface area contributed by atoms with Gasteiger partial charge in [-0.2, -0.15) is 0 Å². The van der Waals surface area contributed by atoms with Gasteiger partial charge in [-0.3, -0.25) is 0 Å². The molecule has 0 saturated heterocycles. The third kappa shape index (κ3) is 2.18. The first-order valence-corrected chi connectivity index (χ1v) is 7.75. The van der Waals surface area contributed by atoms with Crippen LogP contribution in [0.1, 0.15) is 31.2 Å². The van der Waals surface area contributed by atoms with Crippen LogP contribution in [0.15, 0.2) is 36.4 Å². The fraction of sp³-hybridized carbons (Fsp3) is 0.444. The number of hydrogen-bond acceptors (Lipinski definition) is 2. The highest BCUT2D eigenvalue weighted by atomic mass is 14.9. The van der Waals surface area contributed by atoms with Gasteiger partial charge in [-0.05, 0) is 65.5 Å². The van der Waals surface area contributed by atoms with E-state index < -0.39 is 0 Å². The highest BCUT2D eigenvalue weighted by molar-refractivity contribution is 5.86. The Balaban J connectivity index is 1.46. The van der Waals surface area contributed by atoms with Gasteiger partial charge in [0.05, 0.1) is 0 Å². The lowest BCUT2D eigenvalue weighted by atomic mass is 10.0. The van der Waals surface area contributed by atoms with Crippen molar-refractivity contribution in [2.75, 3.05) is 12.3 Å². The minimum atomic E-state index is 0.658. The van der Waals surface area contributed by atoms with Crippen LogP contribution in [0.2, 0.25) is 0 Å². The number of nitrogen functional groups attached to an aromatic ring is 1. The van der Waals surface area contributed by atoms with Gasteiger partial charge in [0.25, 0.3) is 0 Å². The summed E-state index contributed by atoms with van der Waals surface area (Å²) in [6.07, 6.45) is 5.77. The van der Waals surface area contributed by atoms with E-state index in [1.807, 2.05) is 0 Å². The van der Waals surface area contributed by atoms with Crippen LogP contribution in [0.5, 0.6) is 0 Å². The molecule has 2 nitrogen and oxygen atoms in total. The molecule has 0 radical (unpaired) electrons. The molecule has 3 N–H and O–H groups in total. The Morgan fingerprint density at radius 3 is 2.45 bits per heavy atom. The van der Waals surface area contributed by atoms with Crippen molar-refractivity contribution in [2.24, 2.45) is 11.3 Å². The van der Waals surface area contributed by atoms with Crippen LogP contribution in [0.4, 0.5) is 5.69 Å². The smallest absolute Gasteiger partial charge is 0.0366 e. The number of hydrogen-bond donors (Lipinski definition) is 2. The summed E-state index contributed by atoms with van der Waals surface area (Å²) in [5.74, 6) is 1.02. The first-order valence-electron chi connectivity index (χ1n) is 7.75. The minimum absolute atomic E-state index is 0.658. The maximum atomic E-state index is 6.18. The van der Waals surface area contributed by atoms with Gasteiger partial charge >= 0.3 is 0 Å². The van der Waals surface area contributed by atoms with Crippen molar-refractivity contribution in [3.63, 3.8) is 0 Å². The molecule has 0 amide bonds. The van der Waals surface area contributed by atoms with Gasteiger partial charge in [-0.25, -0.2) is 0 Å². The van der Waals surface area contributed by atoms with E-state index in [9.17, 15) is 0 Å². The molecule has 2 aromatic carbocycles. The molecule has 0 unspecified atom stereocenters. The van der Waals surface area contributed by atoms with Crippen LogP contribution in [-0.2, 0) is 6.54 Å². The molecule has 2 heteroatoms. The van der Waals surface area contributed by atoms with Crippen molar-refractivity contribution in [2.45, 2.75) is 32.2 Å². The minimum Gasteiger partial charge on any atom is -0.398 e. The molecule has 2 saturated carbocycles. The molecule has 0 aliphatic heterocycles. The standard InChI is InChI=1S/C18H22N2/c19-17-10-14-4-2-1-3-13(14)9-15(17)11-20-12-18(7-8-18)16-5-6-16/h1-4,9-10,16,20H,5-8,11-12,19H2. The summed E-state index contributed by atoms with van der Waals surface area (Å²) < 4.78 is 0. The highest BCUT2D eigenvalue weighted by Crippen LogP contribution is 2.60. The van der Waals surface area contributed by atoms with E-state index in [-0.39, 0.29) is 0 Å². The van der Waals surface area contributed by atoms with Crippen LogP contribution in [0, 0.1) is 11.3 Å². The summed E-state index contributed by atoms with van der Waals surface area (Å²) in [6, 6.07) is 12.8. The molecule has 2 aliphatic rings. The molecule has 0 atom stereocenters. The predicted octanol–water partition coefficient (Wildman–Crippen LogP) is 3.70. The Labute approximate surface area is 120 Å². The van der Waals surface area contributed by atoms with Gasteiger partial charge in [0.2, 0.25) is 0 Å². The molecule has 2 fully saturated rings. The number of rotatable bonds is 5. The highest BCUT2D eigenvalue weighted by Gasteiger charge is 2.53. The Morgan fingerprint density at radius 1 is 1.10 bits per heavy atom. The van der Waals surface area contributed by atoms with Gasteiger partial charge in [-0.1, -0.05) is 24.3 Å². The third-order valence-electron chi connectivity index (χ3n) is 5.14. The second-order valence-corrected chi connectivity index (χ2v) is 6.64. The van der Waals surface area contributed by atoms with Gasteiger partial charge in [0.1, 0.15) is 0 Å². The maximum absolute atomic E-state index is 6.18. The fourth-order valence-electron chi connectivity index (χ4n) is 3.49. The number of benzene rings is 2. The second kappa shape index (κ2) is 4.49. The fourth-order valence-corrected chi connectivity index (χ4v) is 3.49. The predicted molar refractivity (Wildman–Crippen MR) is 84.5 cm³/mol. The Kier molecular flexibility index (Phi) is 2.74. The summed E-state index contributed by atoms with van der Waals surface area (Å²) in [5.41, 5.74) is 8.98. The van der Waals surface area contributed by atoms with E-state index in [0.717, 1.165) is 18.2 Å². The van der Waals surface area contributed by atoms with Crippen molar-refractivity contribution in [3.8, 4) is 0 Å². The van der Waals surface area contributed by atoms with Crippen LogP contribution in [0.3, 0.4) is 0 Å². The summed E-state index contributed by atoms with van der Waals surface area (Å²) in [4.78, 5) is 0. The first-order chi connectivity index (χ1) is 9.77. The summed E-state index contributed by atoms with van der Waals surface area (Å²) in [6.45, 7) is 2.06. The van der Waals surface area contributed by atoms with E-state index in [1.54, 1.807) is 0 Å². The van der Waals surface area contributed by atoms with Crippen LogP contribution < -0.4 is 11.1 Å². The molecule has 0 spiro atoms. The molecule has 0 heterocycles. The SMILES string of the molecule is Nc1cc2ccccc2cc1CNCC1(C2CC2)CC1. The third-order valence-corrected chi connectivity index (χ3v) is 5.14. The lowest BCUT2D eigenvalue weighted by Crippen LogP contribution is -2.25. The molecule has 2 aliphatic carbocycles. The molecule has 104 valence electrons. The average Bonchev–Trinajstić information content (AvgIpc) is 3.32. The topological polar surface area (TPSA) is 38.0 Å². The van der Waals surface area contributed by atoms with Gasteiger partial charge in [0.15, 0.2) is 0 Å². The Morgan fingerprint density at radius 2 is 1.80 bits per heavy atom. The summed E-state index contributed by atoms with van der Waals surface area (Å²) in [5, 5.41) is 6.16. The number of fused-ring (bicyclic) bond motifs is 1. The zero-order valence-electron chi connectivity index (χ0n) is 11.9. The van der Waals surface area contributed by atoms with Gasteiger partial charge < -0.3 is 11.1 Å². The van der Waals surface area contributed by atoms with E-state index in [0.29, 0.717) is 5.41 Å². The van der Waals surface area contributed by atoms with Crippen LogP contribution >= 0.6 is 0 Å². The maximum Gasteiger partial charge on any atom is 0.0366 e. The molecule has 20 heavy (non-hydrogen) atoms. The van der Waals surface area contributed by atoms with Crippen molar-refractivity contribution >= 4 is 16.5 Å². The molecule has 0 aromatic heterocycles. The van der Waals surface area contributed by atoms with Crippen molar-refractivity contribution in [3.05, 3.63) is 42.0 Å². The van der Waals surface area contributed by atoms with Gasteiger partial charge in [0, 0.05) is 18.8 Å². The van der Waals surface area contributed by atoms with E-state index in [2.05, 4.69) is 41.7 Å². The van der Waals surface area contributed by atoms with E-state index in [1.165, 1.54) is 48.6 Å². The number of nitrogens with one attached hydrogen (secondary N) is 1. The molecule has 4 rings (SSSR count). The first kappa shape index (κ1) is 12.2. The van der Waals surface area contributed by atoms with Crippen molar-refractivity contribution < 1.29 is 0 Å². The zero-order valence-corrected chi connectivity index (χ0v) is 11.9. The average molecular weight is 266 g/mol. The van der Waals surface area contributed by atoms with Crippen LogP contribution in [0.25, 0.3) is 10.8 Å². The normalized spacial score (nSPS) is 20.2. The lowest BCUT2D eigenvalue weighted by Gasteiger charge is -2.16. The number of nitrogens with two attached hydrogens (primary N) is 1. The van der Waals surface area contributed by atoms with Crippen LogP contribution in [-0.4, -0.2) is 6.54 Å². The molecule has 2 aromatic rings. The summed E-state index contributed by atoms with van der Waals surface area (Å²) >= 11 is 0. The zero-order chi connectivity index (χ0) is 13.6. The lowest BCUT2D eigenvalue weighted by molar-refractivity contribution is 0.404. The summed E-state index contributed by atoms with van der Waals surface area (Å²) in [7, 11) is 0. The number of anilines is 1. The Hall–Kier alpha value is -1.54. The monoisotopic (exact) mass is 266 g/mol. The van der Waals surface area contributed by atoms with Gasteiger partial charge in [-0.15, -0.1) is 0 Å². The second-order valence-electron chi connectivity index (χ2n) is 6.64.